The van der Waals surface area contributed by atoms with Gasteiger partial charge >= 0.3 is 0 Å². The molecule has 0 saturated carbocycles. The number of β-lactam (4-membered cyclic amide) rings is 1. The predicted molar refractivity (Wildman–Crippen MR) is 80.8 cm³/mol. The second-order valence-corrected chi connectivity index (χ2v) is 11.9. The summed E-state index contributed by atoms with van der Waals surface area (Å²) in [5, 5.41) is 3.04. The summed E-state index contributed by atoms with van der Waals surface area (Å²) in [6.45, 7) is 13.0. The van der Waals surface area contributed by atoms with Crippen molar-refractivity contribution in [3.8, 4) is 0 Å². The molecule has 1 aliphatic rings. The van der Waals surface area contributed by atoms with Crippen molar-refractivity contribution in [2.24, 2.45) is 5.92 Å². The SMILES string of the molecule is C[C@@H](O[Si](C)(C)C(C)(C)C)[C@H]1C(=O)N[C@H]1c1ccco1. The number of rotatable bonds is 4. The van der Waals surface area contributed by atoms with Crippen LogP contribution in [0.5, 0.6) is 0 Å². The van der Waals surface area contributed by atoms with Crippen molar-refractivity contribution < 1.29 is 13.6 Å². The number of amides is 1. The number of furan rings is 1. The molecule has 2 heterocycles. The van der Waals surface area contributed by atoms with Gasteiger partial charge in [-0.2, -0.15) is 0 Å². The largest absolute Gasteiger partial charge is 0.467 e. The van der Waals surface area contributed by atoms with Crippen LogP contribution in [-0.2, 0) is 9.22 Å². The molecule has 0 aliphatic carbocycles. The average Bonchev–Trinajstić information content (AvgIpc) is 2.75. The molecular weight excluding hydrogens is 270 g/mol. The molecule has 20 heavy (non-hydrogen) atoms. The smallest absolute Gasteiger partial charge is 0.228 e. The van der Waals surface area contributed by atoms with Gasteiger partial charge in [-0.3, -0.25) is 4.79 Å². The van der Waals surface area contributed by atoms with Gasteiger partial charge in [-0.1, -0.05) is 20.8 Å². The summed E-state index contributed by atoms with van der Waals surface area (Å²) in [6, 6.07) is 3.68. The molecule has 5 heteroatoms. The van der Waals surface area contributed by atoms with Crippen LogP contribution < -0.4 is 5.32 Å². The maximum absolute atomic E-state index is 11.9. The molecule has 1 amide bonds. The van der Waals surface area contributed by atoms with E-state index in [1.165, 1.54) is 0 Å². The van der Waals surface area contributed by atoms with E-state index < -0.39 is 8.32 Å². The average molecular weight is 295 g/mol. The van der Waals surface area contributed by atoms with Crippen LogP contribution in [0, 0.1) is 5.92 Å². The Balaban J connectivity index is 2.09. The van der Waals surface area contributed by atoms with E-state index in [2.05, 4.69) is 39.2 Å². The summed E-state index contributed by atoms with van der Waals surface area (Å²) in [6.07, 6.45) is 1.54. The normalized spacial score (nSPS) is 25.0. The van der Waals surface area contributed by atoms with Crippen molar-refractivity contribution in [2.45, 2.75) is 58.0 Å². The maximum Gasteiger partial charge on any atom is 0.228 e. The van der Waals surface area contributed by atoms with Crippen LogP contribution in [0.3, 0.4) is 0 Å². The van der Waals surface area contributed by atoms with E-state index in [0.29, 0.717) is 0 Å². The minimum atomic E-state index is -1.87. The van der Waals surface area contributed by atoms with Gasteiger partial charge in [-0.05, 0) is 37.2 Å². The molecule has 1 aromatic heterocycles. The van der Waals surface area contributed by atoms with Gasteiger partial charge in [0.25, 0.3) is 0 Å². The van der Waals surface area contributed by atoms with Crippen molar-refractivity contribution in [1.82, 2.24) is 5.32 Å². The minimum absolute atomic E-state index is 0.0533. The third kappa shape index (κ3) is 2.69. The zero-order valence-electron chi connectivity index (χ0n) is 13.2. The molecule has 0 radical (unpaired) electrons. The highest BCUT2D eigenvalue weighted by Crippen LogP contribution is 2.41. The number of hydrogen-bond donors (Lipinski definition) is 1. The molecule has 1 aromatic rings. The number of carbonyl (C=O) groups is 1. The molecule has 1 aliphatic heterocycles. The van der Waals surface area contributed by atoms with E-state index in [9.17, 15) is 4.79 Å². The molecule has 0 bridgehead atoms. The second-order valence-electron chi connectivity index (χ2n) is 7.11. The first kappa shape index (κ1) is 15.3. The summed E-state index contributed by atoms with van der Waals surface area (Å²) in [5.74, 6) is 0.702. The Labute approximate surface area is 122 Å². The van der Waals surface area contributed by atoms with E-state index in [4.69, 9.17) is 8.84 Å². The van der Waals surface area contributed by atoms with Crippen molar-refractivity contribution in [2.75, 3.05) is 0 Å². The van der Waals surface area contributed by atoms with Gasteiger partial charge in [0, 0.05) is 0 Å². The second kappa shape index (κ2) is 5.04. The van der Waals surface area contributed by atoms with E-state index >= 15 is 0 Å². The lowest BCUT2D eigenvalue weighted by molar-refractivity contribution is -0.141. The van der Waals surface area contributed by atoms with Crippen LogP contribution in [0.25, 0.3) is 0 Å². The van der Waals surface area contributed by atoms with Crippen LogP contribution in [-0.4, -0.2) is 20.3 Å². The van der Waals surface area contributed by atoms with Crippen LogP contribution >= 0.6 is 0 Å². The fourth-order valence-electron chi connectivity index (χ4n) is 2.31. The zero-order valence-corrected chi connectivity index (χ0v) is 14.2. The van der Waals surface area contributed by atoms with Crippen LogP contribution in [0.1, 0.15) is 39.5 Å². The lowest BCUT2D eigenvalue weighted by Crippen LogP contribution is -2.58. The molecule has 0 unspecified atom stereocenters. The molecule has 2 rings (SSSR count). The quantitative estimate of drug-likeness (QED) is 0.683. The van der Waals surface area contributed by atoms with E-state index in [1.54, 1.807) is 6.26 Å². The lowest BCUT2D eigenvalue weighted by atomic mass is 9.85. The minimum Gasteiger partial charge on any atom is -0.467 e. The molecule has 0 aromatic carbocycles. The molecular formula is C15H25NO3Si. The van der Waals surface area contributed by atoms with Gasteiger partial charge in [-0.25, -0.2) is 0 Å². The standard InChI is InChI=1S/C15H25NO3Si/c1-10(19-20(5,6)15(2,3)4)12-13(16-14(12)17)11-8-7-9-18-11/h7-10,12-13H,1-6H3,(H,16,17)/t10-,12-,13+/m1/s1. The van der Waals surface area contributed by atoms with Crippen LogP contribution in [0.15, 0.2) is 22.8 Å². The number of nitrogens with one attached hydrogen (secondary N) is 1. The highest BCUT2D eigenvalue weighted by molar-refractivity contribution is 6.74. The fraction of sp³-hybridized carbons (Fsp3) is 0.667. The summed E-state index contributed by atoms with van der Waals surface area (Å²) >= 11 is 0. The molecule has 1 fully saturated rings. The first-order valence-corrected chi connectivity index (χ1v) is 10.1. The maximum atomic E-state index is 11.9. The highest BCUT2D eigenvalue weighted by Gasteiger charge is 2.48. The Morgan fingerprint density at radius 2 is 2.05 bits per heavy atom. The molecule has 4 nitrogen and oxygen atoms in total. The van der Waals surface area contributed by atoms with Crippen molar-refractivity contribution >= 4 is 14.2 Å². The number of hydrogen-bond acceptors (Lipinski definition) is 3. The zero-order chi connectivity index (χ0) is 15.1. The summed E-state index contributed by atoms with van der Waals surface area (Å²) in [4.78, 5) is 11.9. The third-order valence-electron chi connectivity index (χ3n) is 4.60. The predicted octanol–water partition coefficient (Wildman–Crippen LogP) is 3.48. The Hall–Kier alpha value is -1.07. The lowest BCUT2D eigenvalue weighted by Gasteiger charge is -2.44. The highest BCUT2D eigenvalue weighted by atomic mass is 28.4. The summed E-state index contributed by atoms with van der Waals surface area (Å²) in [5.41, 5.74) is 0. The van der Waals surface area contributed by atoms with Gasteiger partial charge < -0.3 is 14.2 Å². The van der Waals surface area contributed by atoms with Crippen LogP contribution in [0.4, 0.5) is 0 Å². The van der Waals surface area contributed by atoms with Crippen molar-refractivity contribution in [3.63, 3.8) is 0 Å². The molecule has 0 spiro atoms. The van der Waals surface area contributed by atoms with Gasteiger partial charge in [0.1, 0.15) is 11.8 Å². The fourth-order valence-corrected chi connectivity index (χ4v) is 3.74. The molecule has 112 valence electrons. The summed E-state index contributed by atoms with van der Waals surface area (Å²) in [7, 11) is -1.87. The first-order chi connectivity index (χ1) is 9.13. The van der Waals surface area contributed by atoms with Gasteiger partial charge in [0.15, 0.2) is 8.32 Å². The Bertz CT molecular complexity index is 476. The van der Waals surface area contributed by atoms with Crippen molar-refractivity contribution in [1.29, 1.82) is 0 Å². The first-order valence-electron chi connectivity index (χ1n) is 7.15. The monoisotopic (exact) mass is 295 g/mol. The Kier molecular flexibility index (Phi) is 3.86. The molecule has 3 atom stereocenters. The Morgan fingerprint density at radius 1 is 1.40 bits per heavy atom. The van der Waals surface area contributed by atoms with E-state index in [-0.39, 0.29) is 29.0 Å². The third-order valence-corrected chi connectivity index (χ3v) is 9.18. The Morgan fingerprint density at radius 3 is 2.50 bits per heavy atom. The van der Waals surface area contributed by atoms with Gasteiger partial charge in [0.05, 0.1) is 18.3 Å². The summed E-state index contributed by atoms with van der Waals surface area (Å²) < 4.78 is 11.7. The van der Waals surface area contributed by atoms with Gasteiger partial charge in [0.2, 0.25) is 5.91 Å². The number of carbonyl (C=O) groups excluding carboxylic acids is 1. The van der Waals surface area contributed by atoms with E-state index in [0.717, 1.165) is 5.76 Å². The van der Waals surface area contributed by atoms with Crippen molar-refractivity contribution in [3.05, 3.63) is 24.2 Å². The van der Waals surface area contributed by atoms with Crippen LogP contribution in [0.2, 0.25) is 18.1 Å². The molecule has 1 N–H and O–H groups in total. The molecule has 1 saturated heterocycles. The topological polar surface area (TPSA) is 51.5 Å². The van der Waals surface area contributed by atoms with Gasteiger partial charge in [-0.15, -0.1) is 0 Å². The van der Waals surface area contributed by atoms with E-state index in [1.807, 2.05) is 19.1 Å².